The number of hydrogen-bond donors (Lipinski definition) is 1. The van der Waals surface area contributed by atoms with Crippen molar-refractivity contribution in [3.05, 3.63) is 70.4 Å². The van der Waals surface area contributed by atoms with Crippen LogP contribution in [0.5, 0.6) is 11.5 Å². The topological polar surface area (TPSA) is 54.6 Å². The molecule has 31 heavy (non-hydrogen) atoms. The lowest BCUT2D eigenvalue weighted by atomic mass is 10.1. The number of halogens is 1. The van der Waals surface area contributed by atoms with Crippen LogP contribution in [-0.4, -0.2) is 35.5 Å². The van der Waals surface area contributed by atoms with Crippen molar-refractivity contribution in [2.45, 2.75) is 39.3 Å². The van der Waals surface area contributed by atoms with Crippen molar-refractivity contribution in [3.8, 4) is 11.5 Å². The summed E-state index contributed by atoms with van der Waals surface area (Å²) in [5, 5.41) is 1.51. The average molecular weight is 439 g/mol. The van der Waals surface area contributed by atoms with Crippen LogP contribution in [0.2, 0.25) is 0 Å². The first-order valence-corrected chi connectivity index (χ1v) is 10.8. The molecule has 3 aromatic rings. The van der Waals surface area contributed by atoms with E-state index in [0.29, 0.717) is 28.6 Å². The number of rotatable bonds is 8. The maximum absolute atomic E-state index is 13.6. The average Bonchev–Trinajstić information content (AvgIpc) is 3.56. The molecule has 6 heteroatoms. The SMILES string of the molecule is C=C(Cl)COc1cc(CN(C(=O)c2cccc3c(C)c(C)[nH]c23)C2CC2)ccc1OC. The Bertz CT molecular complexity index is 1150. The van der Waals surface area contributed by atoms with E-state index >= 15 is 0 Å². The van der Waals surface area contributed by atoms with Crippen molar-refractivity contribution in [2.75, 3.05) is 13.7 Å². The lowest BCUT2D eigenvalue weighted by Gasteiger charge is -2.23. The molecule has 162 valence electrons. The number of fused-ring (bicyclic) bond motifs is 1. The van der Waals surface area contributed by atoms with Crippen LogP contribution in [0.1, 0.15) is 40.0 Å². The Morgan fingerprint density at radius 2 is 2.00 bits per heavy atom. The van der Waals surface area contributed by atoms with Gasteiger partial charge in [0.25, 0.3) is 5.91 Å². The van der Waals surface area contributed by atoms with Crippen LogP contribution in [0.4, 0.5) is 0 Å². The third kappa shape index (κ3) is 4.42. The highest BCUT2D eigenvalue weighted by molar-refractivity contribution is 6.29. The highest BCUT2D eigenvalue weighted by Crippen LogP contribution is 2.34. The molecule has 1 fully saturated rings. The predicted octanol–water partition coefficient (Wildman–Crippen LogP) is 5.73. The summed E-state index contributed by atoms with van der Waals surface area (Å²) < 4.78 is 11.1. The van der Waals surface area contributed by atoms with Crippen LogP contribution >= 0.6 is 11.6 Å². The first-order chi connectivity index (χ1) is 14.9. The summed E-state index contributed by atoms with van der Waals surface area (Å²) >= 11 is 5.85. The van der Waals surface area contributed by atoms with Gasteiger partial charge >= 0.3 is 0 Å². The molecule has 1 aliphatic carbocycles. The molecule has 0 radical (unpaired) electrons. The molecular weight excluding hydrogens is 412 g/mol. The third-order valence-corrected chi connectivity index (χ3v) is 5.90. The number of aromatic nitrogens is 1. The van der Waals surface area contributed by atoms with Crippen molar-refractivity contribution in [1.82, 2.24) is 9.88 Å². The summed E-state index contributed by atoms with van der Waals surface area (Å²) in [5.41, 5.74) is 4.87. The van der Waals surface area contributed by atoms with Gasteiger partial charge in [0.1, 0.15) is 6.61 Å². The number of aromatic amines is 1. The van der Waals surface area contributed by atoms with E-state index in [4.69, 9.17) is 21.1 Å². The van der Waals surface area contributed by atoms with Crippen LogP contribution in [0.15, 0.2) is 48.0 Å². The molecule has 2 aromatic carbocycles. The Kier molecular flexibility index (Phi) is 5.96. The molecule has 1 heterocycles. The number of hydrogen-bond acceptors (Lipinski definition) is 3. The van der Waals surface area contributed by atoms with E-state index < -0.39 is 0 Å². The fraction of sp³-hybridized carbons (Fsp3) is 0.320. The third-order valence-electron chi connectivity index (χ3n) is 5.79. The maximum Gasteiger partial charge on any atom is 0.256 e. The molecule has 0 spiro atoms. The normalized spacial score (nSPS) is 13.3. The van der Waals surface area contributed by atoms with Gasteiger partial charge in [-0.1, -0.05) is 36.4 Å². The zero-order valence-corrected chi connectivity index (χ0v) is 18.9. The second-order valence-electron chi connectivity index (χ2n) is 8.06. The summed E-state index contributed by atoms with van der Waals surface area (Å²) in [5.74, 6) is 1.25. The number of H-pyrrole nitrogens is 1. The van der Waals surface area contributed by atoms with Gasteiger partial charge in [0, 0.05) is 28.7 Å². The van der Waals surface area contributed by atoms with Crippen molar-refractivity contribution < 1.29 is 14.3 Å². The zero-order chi connectivity index (χ0) is 22.1. The Morgan fingerprint density at radius 1 is 1.23 bits per heavy atom. The van der Waals surface area contributed by atoms with Gasteiger partial charge in [0.15, 0.2) is 11.5 Å². The molecule has 5 nitrogen and oxygen atoms in total. The summed E-state index contributed by atoms with van der Waals surface area (Å²) in [6.07, 6.45) is 2.05. The number of methoxy groups -OCH3 is 1. The van der Waals surface area contributed by atoms with Gasteiger partial charge in [0.2, 0.25) is 0 Å². The van der Waals surface area contributed by atoms with Crippen molar-refractivity contribution in [1.29, 1.82) is 0 Å². The number of nitrogens with zero attached hydrogens (tertiary/aromatic N) is 1. The molecule has 0 aliphatic heterocycles. The van der Waals surface area contributed by atoms with Crippen molar-refractivity contribution >= 4 is 28.4 Å². The minimum Gasteiger partial charge on any atom is -0.493 e. The fourth-order valence-corrected chi connectivity index (χ4v) is 3.91. The van der Waals surface area contributed by atoms with Gasteiger partial charge in [-0.25, -0.2) is 0 Å². The molecule has 0 unspecified atom stereocenters. The van der Waals surface area contributed by atoms with E-state index in [-0.39, 0.29) is 18.6 Å². The van der Waals surface area contributed by atoms with Gasteiger partial charge in [-0.05, 0) is 56.0 Å². The number of amides is 1. The van der Waals surface area contributed by atoms with Crippen LogP contribution in [0, 0.1) is 13.8 Å². The number of benzene rings is 2. The van der Waals surface area contributed by atoms with Gasteiger partial charge in [-0.15, -0.1) is 0 Å². The molecule has 0 atom stereocenters. The predicted molar refractivity (Wildman–Crippen MR) is 124 cm³/mol. The molecule has 1 amide bonds. The molecule has 1 N–H and O–H groups in total. The Balaban J connectivity index is 1.64. The van der Waals surface area contributed by atoms with Crippen LogP contribution in [0.25, 0.3) is 10.9 Å². The summed E-state index contributed by atoms with van der Waals surface area (Å²) in [4.78, 5) is 19.0. The summed E-state index contributed by atoms with van der Waals surface area (Å²) in [6.45, 7) is 8.47. The van der Waals surface area contributed by atoms with Crippen molar-refractivity contribution in [3.63, 3.8) is 0 Å². The van der Waals surface area contributed by atoms with E-state index in [2.05, 4.69) is 24.6 Å². The molecule has 4 rings (SSSR count). The zero-order valence-electron chi connectivity index (χ0n) is 18.1. The Morgan fingerprint density at radius 3 is 2.68 bits per heavy atom. The number of ether oxygens (including phenoxy) is 2. The fourth-order valence-electron chi connectivity index (χ4n) is 3.85. The number of aryl methyl sites for hydroxylation is 2. The largest absolute Gasteiger partial charge is 0.493 e. The molecule has 1 aromatic heterocycles. The minimum atomic E-state index is 0.0433. The van der Waals surface area contributed by atoms with Gasteiger partial charge in [-0.3, -0.25) is 4.79 Å². The number of nitrogens with one attached hydrogen (secondary N) is 1. The molecule has 0 saturated heterocycles. The number of para-hydroxylation sites is 1. The second-order valence-corrected chi connectivity index (χ2v) is 8.59. The molecule has 1 saturated carbocycles. The lowest BCUT2D eigenvalue weighted by molar-refractivity contribution is 0.0731. The van der Waals surface area contributed by atoms with Crippen molar-refractivity contribution in [2.24, 2.45) is 0 Å². The molecule has 1 aliphatic rings. The summed E-state index contributed by atoms with van der Waals surface area (Å²) in [7, 11) is 1.60. The lowest BCUT2D eigenvalue weighted by Crippen LogP contribution is -2.32. The highest BCUT2D eigenvalue weighted by atomic mass is 35.5. The summed E-state index contributed by atoms with van der Waals surface area (Å²) in [6, 6.07) is 11.9. The smallest absolute Gasteiger partial charge is 0.256 e. The first kappa shape index (κ1) is 21.3. The van der Waals surface area contributed by atoms with Gasteiger partial charge in [0.05, 0.1) is 18.2 Å². The first-order valence-electron chi connectivity index (χ1n) is 10.4. The van der Waals surface area contributed by atoms with Crippen LogP contribution in [-0.2, 0) is 6.54 Å². The van der Waals surface area contributed by atoms with E-state index in [1.807, 2.05) is 42.2 Å². The van der Waals surface area contributed by atoms with E-state index in [9.17, 15) is 4.79 Å². The van der Waals surface area contributed by atoms with Gasteiger partial charge < -0.3 is 19.4 Å². The quantitative estimate of drug-likeness (QED) is 0.488. The number of carbonyl (C=O) groups is 1. The Labute approximate surface area is 187 Å². The van der Waals surface area contributed by atoms with Crippen LogP contribution < -0.4 is 9.47 Å². The van der Waals surface area contributed by atoms with Gasteiger partial charge in [-0.2, -0.15) is 0 Å². The monoisotopic (exact) mass is 438 g/mol. The Hall–Kier alpha value is -2.92. The van der Waals surface area contributed by atoms with Crippen LogP contribution in [0.3, 0.4) is 0 Å². The molecule has 0 bridgehead atoms. The highest BCUT2D eigenvalue weighted by Gasteiger charge is 2.34. The maximum atomic E-state index is 13.6. The standard InChI is InChI=1S/C25H27ClN2O3/c1-15(26)14-31-23-12-18(8-11-22(23)30-4)13-28(19-9-10-19)25(29)21-7-5-6-20-16(2)17(3)27-24(20)21/h5-8,11-12,19,27H,1,9-10,13-14H2,2-4H3. The molecular formula is C25H27ClN2O3. The van der Waals surface area contributed by atoms with E-state index in [1.165, 1.54) is 5.56 Å². The number of carbonyl (C=O) groups excluding carboxylic acids is 1. The van der Waals surface area contributed by atoms with E-state index in [0.717, 1.165) is 35.0 Å². The minimum absolute atomic E-state index is 0.0433. The van der Waals surface area contributed by atoms with E-state index in [1.54, 1.807) is 7.11 Å². The second kappa shape index (κ2) is 8.67.